The minimum atomic E-state index is 0.872. The van der Waals surface area contributed by atoms with Gasteiger partial charge in [0.15, 0.2) is 0 Å². The first-order valence-corrected chi connectivity index (χ1v) is 2.96. The van der Waals surface area contributed by atoms with Crippen molar-refractivity contribution in [3.05, 3.63) is 0 Å². The van der Waals surface area contributed by atoms with Crippen LogP contribution in [0.4, 0.5) is 0 Å². The second-order valence-corrected chi connectivity index (χ2v) is 1.71. The molecule has 0 aliphatic carbocycles. The first-order valence-electron chi connectivity index (χ1n) is 2.96. The lowest BCUT2D eigenvalue weighted by atomic mass is 10.4. The van der Waals surface area contributed by atoms with Gasteiger partial charge in [-0.05, 0) is 6.92 Å². The van der Waals surface area contributed by atoms with E-state index in [1.807, 2.05) is 14.0 Å². The van der Waals surface area contributed by atoms with Gasteiger partial charge in [0.1, 0.15) is 0 Å². The molecular weight excluding hydrogens is 114 g/mol. The molecule has 0 saturated heterocycles. The Balaban J connectivity index is 3.13. The zero-order valence-electron chi connectivity index (χ0n) is 6.27. The Morgan fingerprint density at radius 1 is 1.56 bits per heavy atom. The topological polar surface area (TPSA) is 12.5 Å². The van der Waals surface area contributed by atoms with E-state index in [2.05, 4.69) is 11.8 Å². The smallest absolute Gasteiger partial charge is 0.0575 e. The van der Waals surface area contributed by atoms with Crippen LogP contribution in [0.2, 0.25) is 0 Å². The Morgan fingerprint density at radius 3 is 2.67 bits per heavy atom. The second-order valence-electron chi connectivity index (χ2n) is 1.71. The molecule has 0 aromatic carbocycles. The van der Waals surface area contributed by atoms with E-state index >= 15 is 0 Å². The summed E-state index contributed by atoms with van der Waals surface area (Å²) in [5.41, 5.74) is 0. The fraction of sp³-hybridized carbons (Fsp3) is 0.714. The summed E-state index contributed by atoms with van der Waals surface area (Å²) >= 11 is 0. The average Bonchev–Trinajstić information content (AvgIpc) is 1.89. The maximum atomic E-state index is 4.86. The highest BCUT2D eigenvalue weighted by Crippen LogP contribution is 1.83. The minimum Gasteiger partial charge on any atom is -0.303 e. The van der Waals surface area contributed by atoms with Crippen molar-refractivity contribution >= 4 is 0 Å². The van der Waals surface area contributed by atoms with Gasteiger partial charge in [0.05, 0.1) is 7.11 Å². The van der Waals surface area contributed by atoms with Crippen molar-refractivity contribution < 1.29 is 4.84 Å². The lowest BCUT2D eigenvalue weighted by Gasteiger charge is -2.09. The molecule has 0 spiro atoms. The van der Waals surface area contributed by atoms with Crippen molar-refractivity contribution in [2.45, 2.75) is 13.3 Å². The zero-order valence-corrected chi connectivity index (χ0v) is 6.27. The van der Waals surface area contributed by atoms with Crippen LogP contribution in [0.25, 0.3) is 0 Å². The summed E-state index contributed by atoms with van der Waals surface area (Å²) in [7, 11) is 3.54. The molecular formula is C7H13NO. The summed E-state index contributed by atoms with van der Waals surface area (Å²) in [6.07, 6.45) is 0.876. The Hall–Kier alpha value is -0.520. The van der Waals surface area contributed by atoms with Crippen molar-refractivity contribution in [3.8, 4) is 11.8 Å². The van der Waals surface area contributed by atoms with Crippen LogP contribution in [0.15, 0.2) is 0 Å². The van der Waals surface area contributed by atoms with Crippen LogP contribution in [0.1, 0.15) is 13.3 Å². The van der Waals surface area contributed by atoms with Crippen LogP contribution in [0, 0.1) is 11.8 Å². The minimum absolute atomic E-state index is 0.872. The summed E-state index contributed by atoms with van der Waals surface area (Å²) in [6, 6.07) is 0. The number of nitrogens with zero attached hydrogens (tertiary/aromatic N) is 1. The Bertz CT molecular complexity index is 112. The number of hydrogen-bond acceptors (Lipinski definition) is 2. The van der Waals surface area contributed by atoms with Gasteiger partial charge in [0, 0.05) is 20.0 Å². The number of rotatable bonds is 3. The number of hydroxylamine groups is 2. The molecule has 0 amide bonds. The van der Waals surface area contributed by atoms with E-state index in [-0.39, 0.29) is 0 Å². The van der Waals surface area contributed by atoms with Crippen LogP contribution >= 0.6 is 0 Å². The van der Waals surface area contributed by atoms with E-state index in [1.165, 1.54) is 0 Å². The highest BCUT2D eigenvalue weighted by atomic mass is 16.7. The monoisotopic (exact) mass is 127 g/mol. The predicted molar refractivity (Wildman–Crippen MR) is 37.7 cm³/mol. The van der Waals surface area contributed by atoms with Crippen molar-refractivity contribution in [2.24, 2.45) is 0 Å². The Labute approximate surface area is 56.8 Å². The van der Waals surface area contributed by atoms with E-state index in [9.17, 15) is 0 Å². The lowest BCUT2D eigenvalue weighted by Crippen LogP contribution is -2.17. The second kappa shape index (κ2) is 5.61. The standard InChI is InChI=1S/C7H13NO/c1-4-5-6-7-8(2)9-3/h6-7H2,1-3H3. The molecule has 0 heterocycles. The zero-order chi connectivity index (χ0) is 7.11. The predicted octanol–water partition coefficient (Wildman–Crippen LogP) is 0.893. The highest BCUT2D eigenvalue weighted by Gasteiger charge is 1.89. The molecule has 2 nitrogen and oxygen atoms in total. The fourth-order valence-corrected chi connectivity index (χ4v) is 0.430. The molecule has 0 aliphatic rings. The average molecular weight is 127 g/mol. The molecule has 0 saturated carbocycles. The van der Waals surface area contributed by atoms with E-state index in [0.717, 1.165) is 13.0 Å². The van der Waals surface area contributed by atoms with Crippen molar-refractivity contribution in [3.63, 3.8) is 0 Å². The normalized spacial score (nSPS) is 8.89. The van der Waals surface area contributed by atoms with Crippen LogP contribution in [-0.4, -0.2) is 25.8 Å². The van der Waals surface area contributed by atoms with Crippen molar-refractivity contribution in [1.82, 2.24) is 5.06 Å². The van der Waals surface area contributed by atoms with Crippen LogP contribution < -0.4 is 0 Å². The molecule has 0 aromatic rings. The molecule has 52 valence electrons. The van der Waals surface area contributed by atoms with Crippen molar-refractivity contribution in [1.29, 1.82) is 0 Å². The third-order valence-electron chi connectivity index (χ3n) is 1.04. The maximum absolute atomic E-state index is 4.86. The summed E-state index contributed by atoms with van der Waals surface area (Å²) in [4.78, 5) is 4.86. The molecule has 2 heteroatoms. The van der Waals surface area contributed by atoms with Gasteiger partial charge in [-0.1, -0.05) is 0 Å². The quantitative estimate of drug-likeness (QED) is 0.412. The third kappa shape index (κ3) is 5.35. The van der Waals surface area contributed by atoms with E-state index in [0.29, 0.717) is 0 Å². The molecule has 0 N–H and O–H groups in total. The molecule has 0 unspecified atom stereocenters. The third-order valence-corrected chi connectivity index (χ3v) is 1.04. The molecule has 0 aromatic heterocycles. The Morgan fingerprint density at radius 2 is 2.22 bits per heavy atom. The molecule has 0 aliphatic heterocycles. The number of hydrogen-bond donors (Lipinski definition) is 0. The first kappa shape index (κ1) is 8.48. The molecule has 9 heavy (non-hydrogen) atoms. The van der Waals surface area contributed by atoms with Gasteiger partial charge in [0.2, 0.25) is 0 Å². The van der Waals surface area contributed by atoms with Gasteiger partial charge in [-0.15, -0.1) is 11.8 Å². The van der Waals surface area contributed by atoms with Gasteiger partial charge in [-0.25, -0.2) is 0 Å². The van der Waals surface area contributed by atoms with E-state index < -0.39 is 0 Å². The SMILES string of the molecule is CC#CCCN(C)OC. The highest BCUT2D eigenvalue weighted by molar-refractivity contribution is 4.94. The van der Waals surface area contributed by atoms with E-state index in [4.69, 9.17) is 4.84 Å². The van der Waals surface area contributed by atoms with Gasteiger partial charge in [-0.3, -0.25) is 0 Å². The lowest BCUT2D eigenvalue weighted by molar-refractivity contribution is -0.107. The van der Waals surface area contributed by atoms with Crippen LogP contribution in [-0.2, 0) is 4.84 Å². The Kier molecular flexibility index (Phi) is 5.29. The van der Waals surface area contributed by atoms with Gasteiger partial charge in [0.25, 0.3) is 0 Å². The fourth-order valence-electron chi connectivity index (χ4n) is 0.430. The summed E-state index contributed by atoms with van der Waals surface area (Å²) in [5, 5.41) is 1.75. The van der Waals surface area contributed by atoms with Crippen LogP contribution in [0.3, 0.4) is 0 Å². The van der Waals surface area contributed by atoms with Crippen molar-refractivity contribution in [2.75, 3.05) is 20.7 Å². The summed E-state index contributed by atoms with van der Waals surface area (Å²) in [5.74, 6) is 5.76. The van der Waals surface area contributed by atoms with E-state index in [1.54, 1.807) is 12.2 Å². The molecule has 0 atom stereocenters. The van der Waals surface area contributed by atoms with Gasteiger partial charge >= 0.3 is 0 Å². The first-order chi connectivity index (χ1) is 4.31. The molecule has 0 bridgehead atoms. The van der Waals surface area contributed by atoms with Crippen LogP contribution in [0.5, 0.6) is 0 Å². The van der Waals surface area contributed by atoms with Gasteiger partial charge < -0.3 is 4.84 Å². The summed E-state index contributed by atoms with van der Waals surface area (Å²) in [6.45, 7) is 2.71. The summed E-state index contributed by atoms with van der Waals surface area (Å²) < 4.78 is 0. The molecule has 0 fully saturated rings. The molecule has 0 radical (unpaired) electrons. The largest absolute Gasteiger partial charge is 0.303 e. The van der Waals surface area contributed by atoms with Gasteiger partial charge in [-0.2, -0.15) is 5.06 Å². The maximum Gasteiger partial charge on any atom is 0.0575 e. The molecule has 0 rings (SSSR count).